The number of carbonyl (C=O) groups excluding carboxylic acids is 2. The number of aromatic nitrogens is 2. The van der Waals surface area contributed by atoms with Crippen LogP contribution in [0.15, 0.2) is 54.1 Å². The Balaban J connectivity index is 1.81. The number of ether oxygens (including phenoxy) is 2. The summed E-state index contributed by atoms with van der Waals surface area (Å²) in [6.45, 7) is 4.47. The molecule has 2 aromatic carbocycles. The Morgan fingerprint density at radius 2 is 1.86 bits per heavy atom. The Hall–Kier alpha value is -3.72. The lowest BCUT2D eigenvalue weighted by Gasteiger charge is -2.23. The Labute approximate surface area is 207 Å². The van der Waals surface area contributed by atoms with Gasteiger partial charge in [0.1, 0.15) is 22.3 Å². The summed E-state index contributed by atoms with van der Waals surface area (Å²) in [5.41, 5.74) is 1.01. The number of benzene rings is 2. The van der Waals surface area contributed by atoms with Crippen LogP contribution in [-0.2, 0) is 9.59 Å². The van der Waals surface area contributed by atoms with E-state index in [1.54, 1.807) is 50.4 Å². The third kappa shape index (κ3) is 5.05. The van der Waals surface area contributed by atoms with E-state index in [9.17, 15) is 14.7 Å². The molecule has 1 aliphatic heterocycles. The van der Waals surface area contributed by atoms with Crippen molar-refractivity contribution < 1.29 is 24.2 Å². The van der Waals surface area contributed by atoms with Crippen molar-refractivity contribution in [2.45, 2.75) is 39.2 Å². The van der Waals surface area contributed by atoms with Gasteiger partial charge in [-0.25, -0.2) is 0 Å². The van der Waals surface area contributed by atoms with Crippen molar-refractivity contribution in [1.29, 1.82) is 0 Å². The van der Waals surface area contributed by atoms with Crippen LogP contribution in [0.3, 0.4) is 0 Å². The Morgan fingerprint density at radius 1 is 1.09 bits per heavy atom. The second-order valence-corrected chi connectivity index (χ2v) is 9.29. The number of Topliss-reactive ketones (excluding diaryl/α,β-unsaturated/α-hetero) is 1. The predicted molar refractivity (Wildman–Crippen MR) is 134 cm³/mol. The van der Waals surface area contributed by atoms with Crippen molar-refractivity contribution in [3.05, 3.63) is 70.2 Å². The summed E-state index contributed by atoms with van der Waals surface area (Å²) in [6.07, 6.45) is 3.09. The van der Waals surface area contributed by atoms with Gasteiger partial charge in [0.2, 0.25) is 5.13 Å². The molecular formula is C26H27N3O5S. The highest BCUT2D eigenvalue weighted by Gasteiger charge is 2.48. The number of unbranched alkanes of at least 4 members (excludes halogenated alkanes) is 2. The molecule has 35 heavy (non-hydrogen) atoms. The summed E-state index contributed by atoms with van der Waals surface area (Å²) in [6, 6.07) is 13.0. The van der Waals surface area contributed by atoms with Crippen molar-refractivity contribution >= 4 is 33.9 Å². The van der Waals surface area contributed by atoms with Gasteiger partial charge in [0, 0.05) is 5.56 Å². The number of nitrogens with zero attached hydrogens (tertiary/aromatic N) is 3. The lowest BCUT2D eigenvalue weighted by Crippen LogP contribution is -2.29. The van der Waals surface area contributed by atoms with E-state index in [0.717, 1.165) is 19.3 Å². The molecule has 1 saturated heterocycles. The molecule has 1 unspecified atom stereocenters. The van der Waals surface area contributed by atoms with E-state index in [2.05, 4.69) is 17.1 Å². The maximum absolute atomic E-state index is 13.2. The molecule has 0 bridgehead atoms. The van der Waals surface area contributed by atoms with E-state index < -0.39 is 17.7 Å². The number of ketones is 1. The Kier molecular flexibility index (Phi) is 7.45. The highest BCUT2D eigenvalue weighted by molar-refractivity contribution is 7.15. The number of anilines is 1. The third-order valence-electron chi connectivity index (χ3n) is 5.72. The van der Waals surface area contributed by atoms with Gasteiger partial charge in [0.25, 0.3) is 5.78 Å². The number of carbonyl (C=O) groups is 2. The fraction of sp³-hybridized carbons (Fsp3) is 0.308. The number of aliphatic hydroxyl groups excluding tert-OH is 1. The quantitative estimate of drug-likeness (QED) is 0.193. The van der Waals surface area contributed by atoms with Gasteiger partial charge in [0.15, 0.2) is 0 Å². The number of rotatable bonds is 9. The third-order valence-corrected chi connectivity index (χ3v) is 6.56. The van der Waals surface area contributed by atoms with Crippen molar-refractivity contribution in [2.75, 3.05) is 18.6 Å². The molecule has 0 aliphatic carbocycles. The molecule has 182 valence electrons. The van der Waals surface area contributed by atoms with Gasteiger partial charge in [-0.2, -0.15) is 0 Å². The minimum atomic E-state index is -0.886. The van der Waals surface area contributed by atoms with Gasteiger partial charge >= 0.3 is 5.91 Å². The Bertz CT molecular complexity index is 1250. The number of methoxy groups -OCH3 is 1. The van der Waals surface area contributed by atoms with Crippen LogP contribution in [-0.4, -0.2) is 40.7 Å². The lowest BCUT2D eigenvalue weighted by atomic mass is 9.95. The SMILES string of the molecule is CCCCCOc1cccc(C2/C(=C(\O)c3ccc(OC)cc3)C(=O)C(=O)N2c2nnc(C)s2)c1. The average Bonchev–Trinajstić information content (AvgIpc) is 3.42. The topological polar surface area (TPSA) is 102 Å². The average molecular weight is 494 g/mol. The van der Waals surface area contributed by atoms with Crippen LogP contribution in [0, 0.1) is 6.92 Å². The number of hydrogen-bond donors (Lipinski definition) is 1. The maximum atomic E-state index is 13.2. The summed E-state index contributed by atoms with van der Waals surface area (Å²) in [5, 5.41) is 20.3. The number of hydrogen-bond acceptors (Lipinski definition) is 8. The fourth-order valence-corrected chi connectivity index (χ4v) is 4.66. The zero-order valence-electron chi connectivity index (χ0n) is 19.9. The van der Waals surface area contributed by atoms with Crippen LogP contribution in [0.1, 0.15) is 48.4 Å². The Morgan fingerprint density at radius 3 is 2.51 bits per heavy atom. The number of aryl methyl sites for hydroxylation is 1. The van der Waals surface area contributed by atoms with E-state index >= 15 is 0 Å². The highest BCUT2D eigenvalue weighted by atomic mass is 32.1. The molecule has 9 heteroatoms. The van der Waals surface area contributed by atoms with E-state index in [-0.39, 0.29) is 16.5 Å². The van der Waals surface area contributed by atoms with Crippen LogP contribution < -0.4 is 14.4 Å². The highest BCUT2D eigenvalue weighted by Crippen LogP contribution is 2.43. The van der Waals surface area contributed by atoms with Crippen LogP contribution in [0.25, 0.3) is 5.76 Å². The van der Waals surface area contributed by atoms with Crippen LogP contribution in [0.5, 0.6) is 11.5 Å². The monoisotopic (exact) mass is 493 g/mol. The molecule has 1 amide bonds. The number of amides is 1. The molecular weight excluding hydrogens is 466 g/mol. The van der Waals surface area contributed by atoms with Crippen LogP contribution in [0.2, 0.25) is 0 Å². The van der Waals surface area contributed by atoms with Crippen molar-refractivity contribution in [3.63, 3.8) is 0 Å². The fourth-order valence-electron chi connectivity index (χ4n) is 3.95. The van der Waals surface area contributed by atoms with E-state index in [1.807, 2.05) is 12.1 Å². The van der Waals surface area contributed by atoms with Gasteiger partial charge in [-0.15, -0.1) is 10.2 Å². The van der Waals surface area contributed by atoms with Crippen molar-refractivity contribution in [3.8, 4) is 11.5 Å². The first kappa shape index (κ1) is 24.4. The molecule has 1 atom stereocenters. The second-order valence-electron chi connectivity index (χ2n) is 8.13. The summed E-state index contributed by atoms with van der Waals surface area (Å²) < 4.78 is 11.1. The molecule has 2 heterocycles. The van der Waals surface area contributed by atoms with Crippen molar-refractivity contribution in [1.82, 2.24) is 10.2 Å². The maximum Gasteiger partial charge on any atom is 0.301 e. The van der Waals surface area contributed by atoms with E-state index in [4.69, 9.17) is 9.47 Å². The first-order valence-corrected chi connectivity index (χ1v) is 12.2. The van der Waals surface area contributed by atoms with Gasteiger partial charge in [-0.05, 0) is 55.3 Å². The molecule has 1 aliphatic rings. The van der Waals surface area contributed by atoms with Crippen LogP contribution in [0.4, 0.5) is 5.13 Å². The first-order valence-electron chi connectivity index (χ1n) is 11.4. The summed E-state index contributed by atoms with van der Waals surface area (Å²) >= 11 is 1.21. The van der Waals surface area contributed by atoms with E-state index in [0.29, 0.717) is 34.2 Å². The van der Waals surface area contributed by atoms with Gasteiger partial charge in [-0.1, -0.05) is 43.2 Å². The smallest absolute Gasteiger partial charge is 0.301 e. The first-order chi connectivity index (χ1) is 16.9. The van der Waals surface area contributed by atoms with Crippen molar-refractivity contribution in [2.24, 2.45) is 0 Å². The van der Waals surface area contributed by atoms with Gasteiger partial charge < -0.3 is 14.6 Å². The standard InChI is InChI=1S/C26H27N3O5S/c1-4-5-6-14-34-20-9-7-8-18(15-20)22-21(23(30)17-10-12-19(33-3)13-11-17)24(31)25(32)29(22)26-28-27-16(2)35-26/h7-13,15,22,30H,4-6,14H2,1-3H3/b23-21+. The largest absolute Gasteiger partial charge is 0.507 e. The molecule has 1 fully saturated rings. The molecule has 3 aromatic rings. The summed E-state index contributed by atoms with van der Waals surface area (Å²) in [4.78, 5) is 27.7. The summed E-state index contributed by atoms with van der Waals surface area (Å²) in [5.74, 6) is -0.590. The van der Waals surface area contributed by atoms with Gasteiger partial charge in [0.05, 0.1) is 25.3 Å². The molecule has 8 nitrogen and oxygen atoms in total. The normalized spacial score (nSPS) is 17.1. The lowest BCUT2D eigenvalue weighted by molar-refractivity contribution is -0.132. The zero-order chi connectivity index (χ0) is 24.9. The zero-order valence-corrected chi connectivity index (χ0v) is 20.7. The molecule has 0 spiro atoms. The molecule has 1 N–H and O–H groups in total. The predicted octanol–water partition coefficient (Wildman–Crippen LogP) is 5.05. The molecule has 0 saturated carbocycles. The molecule has 1 aromatic heterocycles. The minimum Gasteiger partial charge on any atom is -0.507 e. The van der Waals surface area contributed by atoms with E-state index in [1.165, 1.54) is 16.2 Å². The van der Waals surface area contributed by atoms with Crippen LogP contribution >= 0.6 is 11.3 Å². The number of aliphatic hydroxyl groups is 1. The second kappa shape index (κ2) is 10.7. The molecule has 4 rings (SSSR count). The minimum absolute atomic E-state index is 0.0175. The summed E-state index contributed by atoms with van der Waals surface area (Å²) in [7, 11) is 1.54. The van der Waals surface area contributed by atoms with Gasteiger partial charge in [-0.3, -0.25) is 14.5 Å². The molecule has 0 radical (unpaired) electrons.